The van der Waals surface area contributed by atoms with Crippen LogP contribution in [0.3, 0.4) is 0 Å². The van der Waals surface area contributed by atoms with E-state index in [1.54, 1.807) is 24.8 Å². The molecule has 0 atom stereocenters. The number of benzene rings is 1. The predicted molar refractivity (Wildman–Crippen MR) is 98.5 cm³/mol. The molecule has 1 aromatic carbocycles. The summed E-state index contributed by atoms with van der Waals surface area (Å²) in [5, 5.41) is 4.48. The minimum Gasteiger partial charge on any atom is -0.497 e. The molecule has 6 heteroatoms. The van der Waals surface area contributed by atoms with Crippen molar-refractivity contribution in [2.24, 2.45) is 0 Å². The number of methoxy groups -OCH3 is 1. The number of hydrogen-bond acceptors (Lipinski definition) is 6. The van der Waals surface area contributed by atoms with E-state index in [0.717, 1.165) is 43.4 Å². The summed E-state index contributed by atoms with van der Waals surface area (Å²) in [6, 6.07) is 9.86. The molecule has 4 aromatic rings. The van der Waals surface area contributed by atoms with Crippen molar-refractivity contribution in [3.8, 4) is 5.75 Å². The molecule has 0 saturated carbocycles. The average molecular weight is 336 g/mol. The largest absolute Gasteiger partial charge is 0.497 e. The first-order valence-corrected chi connectivity index (χ1v) is 8.40. The Morgan fingerprint density at radius 1 is 1.08 bits per heavy atom. The van der Waals surface area contributed by atoms with Gasteiger partial charge in [-0.25, -0.2) is 15.0 Å². The highest BCUT2D eigenvalue weighted by Gasteiger charge is 2.14. The lowest BCUT2D eigenvalue weighted by Crippen LogP contribution is -1.94. The van der Waals surface area contributed by atoms with Gasteiger partial charge in [0.05, 0.1) is 17.3 Å². The molecule has 5 nitrogen and oxygen atoms in total. The van der Waals surface area contributed by atoms with Gasteiger partial charge >= 0.3 is 0 Å². The van der Waals surface area contributed by atoms with Crippen LogP contribution in [0.1, 0.15) is 11.3 Å². The minimum atomic E-state index is 0.796. The smallest absolute Gasteiger partial charge is 0.151 e. The monoisotopic (exact) mass is 336 g/mol. The number of nitrogens with zero attached hydrogens (tertiary/aromatic N) is 3. The van der Waals surface area contributed by atoms with Crippen molar-refractivity contribution in [3.05, 3.63) is 47.9 Å². The van der Waals surface area contributed by atoms with Crippen LogP contribution in [0.2, 0.25) is 0 Å². The van der Waals surface area contributed by atoms with E-state index in [1.165, 1.54) is 5.56 Å². The number of aryl methyl sites for hydroxylation is 2. The van der Waals surface area contributed by atoms with E-state index in [0.29, 0.717) is 0 Å². The number of pyridine rings is 1. The first-order valence-electron chi connectivity index (χ1n) is 7.58. The fraction of sp³-hybridized carbons (Fsp3) is 0.167. The van der Waals surface area contributed by atoms with Gasteiger partial charge in [-0.15, -0.1) is 11.3 Å². The quantitative estimate of drug-likeness (QED) is 0.592. The number of nitrogens with one attached hydrogen (secondary N) is 1. The number of anilines is 2. The van der Waals surface area contributed by atoms with Gasteiger partial charge < -0.3 is 10.1 Å². The van der Waals surface area contributed by atoms with Gasteiger partial charge in [0.1, 0.15) is 16.9 Å². The summed E-state index contributed by atoms with van der Waals surface area (Å²) in [6.45, 7) is 4.11. The van der Waals surface area contributed by atoms with Gasteiger partial charge in [-0.3, -0.25) is 0 Å². The highest BCUT2D eigenvalue weighted by molar-refractivity contribution is 7.26. The van der Waals surface area contributed by atoms with Gasteiger partial charge in [0.25, 0.3) is 0 Å². The molecule has 0 fully saturated rings. The van der Waals surface area contributed by atoms with Crippen LogP contribution in [-0.2, 0) is 0 Å². The van der Waals surface area contributed by atoms with E-state index in [9.17, 15) is 0 Å². The molecule has 24 heavy (non-hydrogen) atoms. The SMILES string of the molecule is COc1ccc(Nc2ncnc3c2sc2nc(C)cc(C)c23)cc1. The van der Waals surface area contributed by atoms with E-state index in [-0.39, 0.29) is 0 Å². The normalized spacial score (nSPS) is 11.1. The molecular weight excluding hydrogens is 320 g/mol. The molecule has 120 valence electrons. The highest BCUT2D eigenvalue weighted by Crippen LogP contribution is 2.37. The van der Waals surface area contributed by atoms with Crippen molar-refractivity contribution in [2.75, 3.05) is 12.4 Å². The maximum atomic E-state index is 5.19. The highest BCUT2D eigenvalue weighted by atomic mass is 32.1. The maximum absolute atomic E-state index is 5.19. The van der Waals surface area contributed by atoms with E-state index in [4.69, 9.17) is 4.74 Å². The summed E-state index contributed by atoms with van der Waals surface area (Å²) in [4.78, 5) is 14.6. The molecular formula is C18H16N4OS. The Morgan fingerprint density at radius 3 is 2.62 bits per heavy atom. The number of hydrogen-bond donors (Lipinski definition) is 1. The number of rotatable bonds is 3. The zero-order chi connectivity index (χ0) is 16.7. The van der Waals surface area contributed by atoms with E-state index in [1.807, 2.05) is 31.2 Å². The van der Waals surface area contributed by atoms with Crippen LogP contribution in [0, 0.1) is 13.8 Å². The summed E-state index contributed by atoms with van der Waals surface area (Å²) in [6.07, 6.45) is 1.60. The molecule has 0 bridgehead atoms. The van der Waals surface area contributed by atoms with Crippen LogP contribution < -0.4 is 10.1 Å². The summed E-state index contributed by atoms with van der Waals surface area (Å²) in [5.41, 5.74) is 4.11. The molecule has 0 aliphatic heterocycles. The first kappa shape index (κ1) is 14.8. The van der Waals surface area contributed by atoms with Crippen molar-refractivity contribution < 1.29 is 4.74 Å². The van der Waals surface area contributed by atoms with Crippen LogP contribution in [0.4, 0.5) is 11.5 Å². The second-order valence-corrected chi connectivity index (χ2v) is 6.62. The Labute approximate surface area is 143 Å². The van der Waals surface area contributed by atoms with Gasteiger partial charge in [0.2, 0.25) is 0 Å². The Bertz CT molecular complexity index is 1040. The van der Waals surface area contributed by atoms with E-state index in [2.05, 4.69) is 33.3 Å². The topological polar surface area (TPSA) is 59.9 Å². The lowest BCUT2D eigenvalue weighted by molar-refractivity contribution is 0.415. The van der Waals surface area contributed by atoms with Gasteiger partial charge in [-0.1, -0.05) is 0 Å². The number of aromatic nitrogens is 3. The molecule has 1 N–H and O–H groups in total. The molecule has 0 radical (unpaired) electrons. The Morgan fingerprint density at radius 2 is 1.88 bits per heavy atom. The lowest BCUT2D eigenvalue weighted by Gasteiger charge is -2.07. The Balaban J connectivity index is 1.84. The molecule has 3 aromatic heterocycles. The maximum Gasteiger partial charge on any atom is 0.151 e. The molecule has 3 heterocycles. The summed E-state index contributed by atoms with van der Waals surface area (Å²) in [7, 11) is 1.66. The first-order chi connectivity index (χ1) is 11.7. The van der Waals surface area contributed by atoms with Crippen molar-refractivity contribution in [2.45, 2.75) is 13.8 Å². The van der Waals surface area contributed by atoms with Crippen LogP contribution >= 0.6 is 11.3 Å². The molecule has 0 aliphatic carbocycles. The standard InChI is InChI=1S/C18H16N4OS/c1-10-8-11(2)21-18-14(10)15-16(24-18)17(20-9-19-15)22-12-4-6-13(23-3)7-5-12/h4-9H,1-3H3,(H,19,20,22). The summed E-state index contributed by atoms with van der Waals surface area (Å²) < 4.78 is 6.21. The van der Waals surface area contributed by atoms with Gasteiger partial charge in [0, 0.05) is 16.8 Å². The van der Waals surface area contributed by atoms with Gasteiger partial charge in [-0.05, 0) is 49.7 Å². The van der Waals surface area contributed by atoms with Crippen molar-refractivity contribution >= 4 is 43.3 Å². The molecule has 0 spiro atoms. The molecule has 0 aliphatic rings. The summed E-state index contributed by atoms with van der Waals surface area (Å²) in [5.74, 6) is 1.62. The Hall–Kier alpha value is -2.73. The zero-order valence-corrected chi connectivity index (χ0v) is 14.4. The number of fused-ring (bicyclic) bond motifs is 3. The minimum absolute atomic E-state index is 0.796. The van der Waals surface area contributed by atoms with Crippen molar-refractivity contribution in [1.82, 2.24) is 15.0 Å². The molecule has 4 rings (SSSR count). The molecule has 0 unspecified atom stereocenters. The molecule has 0 amide bonds. The predicted octanol–water partition coefficient (Wildman–Crippen LogP) is 4.61. The molecule has 0 saturated heterocycles. The van der Waals surface area contributed by atoms with Crippen molar-refractivity contribution in [3.63, 3.8) is 0 Å². The van der Waals surface area contributed by atoms with Crippen LogP contribution in [-0.4, -0.2) is 22.1 Å². The number of thiophene rings is 1. The van der Waals surface area contributed by atoms with Crippen molar-refractivity contribution in [1.29, 1.82) is 0 Å². The second-order valence-electron chi connectivity index (χ2n) is 5.62. The van der Waals surface area contributed by atoms with Gasteiger partial charge in [0.15, 0.2) is 5.82 Å². The van der Waals surface area contributed by atoms with Gasteiger partial charge in [-0.2, -0.15) is 0 Å². The fourth-order valence-corrected chi connectivity index (χ4v) is 4.00. The third-order valence-corrected chi connectivity index (χ3v) is 4.98. The second kappa shape index (κ2) is 5.72. The van der Waals surface area contributed by atoms with Crippen LogP contribution in [0.5, 0.6) is 5.75 Å². The Kier molecular flexibility index (Phi) is 3.54. The zero-order valence-electron chi connectivity index (χ0n) is 13.6. The van der Waals surface area contributed by atoms with Crippen LogP contribution in [0.25, 0.3) is 20.4 Å². The average Bonchev–Trinajstić information content (AvgIpc) is 2.95. The third-order valence-electron chi connectivity index (χ3n) is 3.90. The lowest BCUT2D eigenvalue weighted by atomic mass is 10.1. The number of ether oxygens (including phenoxy) is 1. The fourth-order valence-electron chi connectivity index (χ4n) is 2.81. The van der Waals surface area contributed by atoms with E-state index < -0.39 is 0 Å². The summed E-state index contributed by atoms with van der Waals surface area (Å²) >= 11 is 1.62. The van der Waals surface area contributed by atoms with E-state index >= 15 is 0 Å². The van der Waals surface area contributed by atoms with Crippen LogP contribution in [0.15, 0.2) is 36.7 Å². The third kappa shape index (κ3) is 2.45.